The summed E-state index contributed by atoms with van der Waals surface area (Å²) in [5.41, 5.74) is 1.22. The largest absolute Gasteiger partial charge is 0.478 e. The van der Waals surface area contributed by atoms with Crippen molar-refractivity contribution in [1.82, 2.24) is 5.32 Å². The van der Waals surface area contributed by atoms with Crippen LogP contribution in [0.3, 0.4) is 0 Å². The molecule has 3 nitrogen and oxygen atoms in total. The van der Waals surface area contributed by atoms with Gasteiger partial charge in [0.2, 0.25) is 0 Å². The van der Waals surface area contributed by atoms with E-state index in [1.54, 1.807) is 6.08 Å². The summed E-state index contributed by atoms with van der Waals surface area (Å²) in [5, 5.41) is 14.3. The van der Waals surface area contributed by atoms with Gasteiger partial charge in [0.25, 0.3) is 0 Å². The highest BCUT2D eigenvalue weighted by molar-refractivity contribution is 5.86. The van der Waals surface area contributed by atoms with Crippen LogP contribution in [0.1, 0.15) is 18.5 Å². The molecule has 0 aliphatic heterocycles. The Morgan fingerprint density at radius 2 is 2.00 bits per heavy atom. The Balaban J connectivity index is 2.13. The third kappa shape index (κ3) is 3.42. The van der Waals surface area contributed by atoms with Crippen molar-refractivity contribution in [3.63, 3.8) is 0 Å². The lowest BCUT2D eigenvalue weighted by atomic mass is 10.00. The average Bonchev–Trinajstić information content (AvgIpc) is 2.42. The van der Waals surface area contributed by atoms with Gasteiger partial charge in [0.1, 0.15) is 0 Å². The third-order valence-electron chi connectivity index (χ3n) is 3.09. The third-order valence-corrected chi connectivity index (χ3v) is 3.09. The summed E-state index contributed by atoms with van der Waals surface area (Å²) in [6, 6.07) is 14.7. The van der Waals surface area contributed by atoms with E-state index in [0.717, 1.165) is 6.08 Å². The zero-order valence-electron chi connectivity index (χ0n) is 10.8. The molecular weight excluding hydrogens is 238 g/mol. The molecule has 0 fully saturated rings. The van der Waals surface area contributed by atoms with E-state index in [0.29, 0.717) is 6.54 Å². The van der Waals surface area contributed by atoms with Crippen LogP contribution in [-0.4, -0.2) is 17.6 Å². The number of nitrogens with one attached hydrogen (secondary N) is 1. The topological polar surface area (TPSA) is 49.3 Å². The van der Waals surface area contributed by atoms with Gasteiger partial charge in [0.05, 0.1) is 0 Å². The van der Waals surface area contributed by atoms with Gasteiger partial charge in [-0.15, -0.1) is 0 Å². The quantitative estimate of drug-likeness (QED) is 0.807. The van der Waals surface area contributed by atoms with Gasteiger partial charge < -0.3 is 10.4 Å². The maximum atomic E-state index is 10.4. The van der Waals surface area contributed by atoms with Crippen molar-refractivity contribution < 1.29 is 9.90 Å². The molecule has 98 valence electrons. The smallest absolute Gasteiger partial charge is 0.328 e. The van der Waals surface area contributed by atoms with E-state index in [-0.39, 0.29) is 6.04 Å². The molecule has 0 saturated carbocycles. The molecule has 0 heterocycles. The number of carbonyl (C=O) groups is 1. The van der Waals surface area contributed by atoms with Crippen molar-refractivity contribution in [2.75, 3.05) is 6.54 Å². The minimum absolute atomic E-state index is 0.171. The number of aliphatic carboxylic acids is 1. The Kier molecular flexibility index (Phi) is 4.31. The van der Waals surface area contributed by atoms with Crippen molar-refractivity contribution >= 4 is 16.7 Å². The van der Waals surface area contributed by atoms with Crippen LogP contribution < -0.4 is 5.32 Å². The van der Waals surface area contributed by atoms with Crippen LogP contribution in [0.4, 0.5) is 0 Å². The van der Waals surface area contributed by atoms with Gasteiger partial charge in [0, 0.05) is 18.7 Å². The molecule has 0 bridgehead atoms. The first-order valence-electron chi connectivity index (χ1n) is 6.29. The average molecular weight is 255 g/mol. The molecule has 0 aliphatic rings. The first kappa shape index (κ1) is 13.3. The van der Waals surface area contributed by atoms with Crippen LogP contribution in [0, 0.1) is 0 Å². The second-order valence-electron chi connectivity index (χ2n) is 4.44. The molecule has 19 heavy (non-hydrogen) atoms. The summed E-state index contributed by atoms with van der Waals surface area (Å²) in [7, 11) is 0. The molecule has 0 aliphatic carbocycles. The molecule has 2 rings (SSSR count). The summed E-state index contributed by atoms with van der Waals surface area (Å²) >= 11 is 0. The fourth-order valence-electron chi connectivity index (χ4n) is 2.14. The zero-order valence-corrected chi connectivity index (χ0v) is 10.8. The van der Waals surface area contributed by atoms with E-state index in [1.807, 2.05) is 18.2 Å². The van der Waals surface area contributed by atoms with Gasteiger partial charge >= 0.3 is 5.97 Å². The maximum Gasteiger partial charge on any atom is 0.328 e. The lowest BCUT2D eigenvalue weighted by Gasteiger charge is -2.15. The number of hydrogen-bond acceptors (Lipinski definition) is 2. The number of carboxylic acids is 1. The molecule has 1 atom stereocenters. The van der Waals surface area contributed by atoms with E-state index >= 15 is 0 Å². The Hall–Kier alpha value is -2.13. The molecular formula is C16H17NO2. The molecule has 0 saturated heterocycles. The Labute approximate surface area is 112 Å². The van der Waals surface area contributed by atoms with Crippen molar-refractivity contribution in [3.05, 3.63) is 60.2 Å². The molecule has 3 heteroatoms. The minimum Gasteiger partial charge on any atom is -0.478 e. The van der Waals surface area contributed by atoms with E-state index in [4.69, 9.17) is 5.11 Å². The summed E-state index contributed by atoms with van der Waals surface area (Å²) < 4.78 is 0. The summed E-state index contributed by atoms with van der Waals surface area (Å²) in [5.74, 6) is -0.917. The van der Waals surface area contributed by atoms with Crippen LogP contribution >= 0.6 is 0 Å². The van der Waals surface area contributed by atoms with Gasteiger partial charge in [-0.3, -0.25) is 0 Å². The molecule has 2 aromatic rings. The van der Waals surface area contributed by atoms with Crippen LogP contribution in [-0.2, 0) is 4.79 Å². The fourth-order valence-corrected chi connectivity index (χ4v) is 2.14. The van der Waals surface area contributed by atoms with Gasteiger partial charge in [-0.25, -0.2) is 4.79 Å². The highest BCUT2D eigenvalue weighted by Crippen LogP contribution is 2.23. The van der Waals surface area contributed by atoms with Crippen molar-refractivity contribution in [3.8, 4) is 0 Å². The van der Waals surface area contributed by atoms with E-state index < -0.39 is 5.97 Å². The second kappa shape index (κ2) is 6.16. The maximum absolute atomic E-state index is 10.4. The molecule has 2 aromatic carbocycles. The summed E-state index contributed by atoms with van der Waals surface area (Å²) in [6.07, 6.45) is 2.77. The van der Waals surface area contributed by atoms with Gasteiger partial charge in [-0.1, -0.05) is 48.5 Å². The highest BCUT2D eigenvalue weighted by Gasteiger charge is 2.07. The first-order valence-corrected chi connectivity index (χ1v) is 6.29. The molecule has 0 amide bonds. The van der Waals surface area contributed by atoms with Crippen LogP contribution in [0.5, 0.6) is 0 Å². The molecule has 0 unspecified atom stereocenters. The summed E-state index contributed by atoms with van der Waals surface area (Å²) in [6.45, 7) is 2.62. The molecule has 2 N–H and O–H groups in total. The van der Waals surface area contributed by atoms with E-state index in [1.165, 1.54) is 16.3 Å². The number of benzene rings is 2. The van der Waals surface area contributed by atoms with Gasteiger partial charge in [-0.2, -0.15) is 0 Å². The number of carboxylic acid groups (broad SMARTS) is 1. The number of fused-ring (bicyclic) bond motifs is 1. The van der Waals surface area contributed by atoms with E-state index in [2.05, 4.69) is 36.5 Å². The Bertz CT molecular complexity index is 599. The number of rotatable bonds is 5. The monoisotopic (exact) mass is 255 g/mol. The van der Waals surface area contributed by atoms with Crippen molar-refractivity contribution in [2.45, 2.75) is 13.0 Å². The predicted octanol–water partition coefficient (Wildman–Crippen LogP) is 3.13. The highest BCUT2D eigenvalue weighted by atomic mass is 16.4. The minimum atomic E-state index is -0.917. The summed E-state index contributed by atoms with van der Waals surface area (Å²) in [4.78, 5) is 10.4. The van der Waals surface area contributed by atoms with E-state index in [9.17, 15) is 4.79 Å². The van der Waals surface area contributed by atoms with Crippen molar-refractivity contribution in [2.24, 2.45) is 0 Å². The Morgan fingerprint density at radius 1 is 1.26 bits per heavy atom. The lowest BCUT2D eigenvalue weighted by molar-refractivity contribution is -0.131. The second-order valence-corrected chi connectivity index (χ2v) is 4.44. The normalized spacial score (nSPS) is 12.9. The van der Waals surface area contributed by atoms with Crippen LogP contribution in [0.2, 0.25) is 0 Å². The Morgan fingerprint density at radius 3 is 2.79 bits per heavy atom. The number of hydrogen-bond donors (Lipinski definition) is 2. The zero-order chi connectivity index (χ0) is 13.7. The van der Waals surface area contributed by atoms with Crippen LogP contribution in [0.15, 0.2) is 54.6 Å². The fraction of sp³-hybridized carbons (Fsp3) is 0.188. The SMILES string of the molecule is C[C@@H](NC/C=C\C(=O)O)c1cccc2ccccc12. The predicted molar refractivity (Wildman–Crippen MR) is 77.1 cm³/mol. The van der Waals surface area contributed by atoms with Gasteiger partial charge in [-0.05, 0) is 23.3 Å². The van der Waals surface area contributed by atoms with Crippen molar-refractivity contribution in [1.29, 1.82) is 0 Å². The standard InChI is InChI=1S/C16H17NO2/c1-12(17-11-5-10-16(18)19)14-9-4-7-13-6-2-3-8-15(13)14/h2-10,12,17H,11H2,1H3,(H,18,19)/b10-5-/t12-/m1/s1. The van der Waals surface area contributed by atoms with Gasteiger partial charge in [0.15, 0.2) is 0 Å². The van der Waals surface area contributed by atoms with Crippen LogP contribution in [0.25, 0.3) is 10.8 Å². The molecule has 0 spiro atoms. The molecule has 0 radical (unpaired) electrons. The first-order chi connectivity index (χ1) is 9.18. The molecule has 0 aromatic heterocycles. The lowest BCUT2D eigenvalue weighted by Crippen LogP contribution is -2.18.